The molecule has 0 aliphatic rings. The maximum Gasteiger partial charge on any atom is 0.130 e. The fraction of sp³-hybridized carbons (Fsp3) is 0.286. The number of nitrogen functional groups attached to an aromatic ring is 1. The Morgan fingerprint density at radius 2 is 1.94 bits per heavy atom. The Balaban J connectivity index is 2.63. The Labute approximate surface area is 102 Å². The largest absolute Gasteiger partial charge is 0.383 e. The normalized spacial score (nSPS) is 10.8. The molecule has 0 saturated heterocycles. The minimum Gasteiger partial charge on any atom is -0.383 e. The molecule has 0 aliphatic carbocycles. The quantitative estimate of drug-likeness (QED) is 0.857. The molecule has 3 nitrogen and oxygen atoms in total. The van der Waals surface area contributed by atoms with Gasteiger partial charge >= 0.3 is 0 Å². The summed E-state index contributed by atoms with van der Waals surface area (Å²) in [7, 11) is 0. The van der Waals surface area contributed by atoms with Crippen LogP contribution >= 0.6 is 0 Å². The van der Waals surface area contributed by atoms with Crippen molar-refractivity contribution in [1.29, 1.82) is 0 Å². The zero-order valence-corrected chi connectivity index (χ0v) is 10.4. The molecular formula is C14H17N3. The highest BCUT2D eigenvalue weighted by atomic mass is 14.9. The SMILES string of the molecule is Cc1cccc(-c2ncnc(N)c2C(C)C)c1. The summed E-state index contributed by atoms with van der Waals surface area (Å²) in [4.78, 5) is 8.46. The van der Waals surface area contributed by atoms with Gasteiger partial charge < -0.3 is 5.73 Å². The van der Waals surface area contributed by atoms with E-state index in [1.807, 2.05) is 6.07 Å². The predicted molar refractivity (Wildman–Crippen MR) is 70.7 cm³/mol. The van der Waals surface area contributed by atoms with Crippen molar-refractivity contribution in [3.63, 3.8) is 0 Å². The molecule has 0 fully saturated rings. The van der Waals surface area contributed by atoms with Gasteiger partial charge in [-0.1, -0.05) is 37.6 Å². The molecule has 2 N–H and O–H groups in total. The predicted octanol–water partition coefficient (Wildman–Crippen LogP) is 3.16. The van der Waals surface area contributed by atoms with E-state index in [4.69, 9.17) is 5.73 Å². The second-order valence-corrected chi connectivity index (χ2v) is 4.55. The molecule has 2 rings (SSSR count). The fourth-order valence-corrected chi connectivity index (χ4v) is 2.00. The van der Waals surface area contributed by atoms with Crippen LogP contribution in [-0.4, -0.2) is 9.97 Å². The molecule has 0 spiro atoms. The summed E-state index contributed by atoms with van der Waals surface area (Å²) in [5, 5.41) is 0. The maximum absolute atomic E-state index is 5.95. The number of hydrogen-bond donors (Lipinski definition) is 1. The molecule has 0 saturated carbocycles. The fourth-order valence-electron chi connectivity index (χ4n) is 2.00. The Bertz CT molecular complexity index is 533. The minimum absolute atomic E-state index is 0.312. The van der Waals surface area contributed by atoms with Gasteiger partial charge in [-0.15, -0.1) is 0 Å². The number of anilines is 1. The van der Waals surface area contributed by atoms with Crippen molar-refractivity contribution in [2.45, 2.75) is 26.7 Å². The summed E-state index contributed by atoms with van der Waals surface area (Å²) >= 11 is 0. The average Bonchev–Trinajstić information content (AvgIpc) is 2.28. The van der Waals surface area contributed by atoms with E-state index in [1.54, 1.807) is 0 Å². The van der Waals surface area contributed by atoms with Crippen LogP contribution in [0.2, 0.25) is 0 Å². The third-order valence-electron chi connectivity index (χ3n) is 2.78. The van der Waals surface area contributed by atoms with Crippen LogP contribution in [0.25, 0.3) is 11.3 Å². The summed E-state index contributed by atoms with van der Waals surface area (Å²) in [5.74, 6) is 0.887. The van der Waals surface area contributed by atoms with Crippen molar-refractivity contribution in [3.05, 3.63) is 41.7 Å². The summed E-state index contributed by atoms with van der Waals surface area (Å²) in [6.07, 6.45) is 1.53. The molecule has 0 bridgehead atoms. The third kappa shape index (κ3) is 2.28. The molecule has 0 amide bonds. The van der Waals surface area contributed by atoms with Crippen LogP contribution in [0.15, 0.2) is 30.6 Å². The zero-order chi connectivity index (χ0) is 12.4. The van der Waals surface area contributed by atoms with Crippen molar-refractivity contribution >= 4 is 5.82 Å². The Hall–Kier alpha value is -1.90. The Morgan fingerprint density at radius 1 is 1.18 bits per heavy atom. The number of benzene rings is 1. The van der Waals surface area contributed by atoms with Gasteiger partial charge in [-0.05, 0) is 18.9 Å². The summed E-state index contributed by atoms with van der Waals surface area (Å²) in [6, 6.07) is 8.28. The van der Waals surface area contributed by atoms with Gasteiger partial charge in [0.05, 0.1) is 5.69 Å². The Kier molecular flexibility index (Phi) is 3.09. The zero-order valence-electron chi connectivity index (χ0n) is 10.4. The highest BCUT2D eigenvalue weighted by Crippen LogP contribution is 2.30. The second kappa shape index (κ2) is 4.53. The standard InChI is InChI=1S/C14H17N3/c1-9(2)12-13(16-8-17-14(12)15)11-6-4-5-10(3)7-11/h4-9H,1-3H3,(H2,15,16,17). The highest BCUT2D eigenvalue weighted by Gasteiger charge is 2.14. The molecule has 1 heterocycles. The van der Waals surface area contributed by atoms with Crippen LogP contribution < -0.4 is 5.73 Å². The lowest BCUT2D eigenvalue weighted by Gasteiger charge is -2.13. The van der Waals surface area contributed by atoms with E-state index >= 15 is 0 Å². The van der Waals surface area contributed by atoms with Crippen LogP contribution in [0.4, 0.5) is 5.82 Å². The first-order valence-electron chi connectivity index (χ1n) is 5.77. The lowest BCUT2D eigenvalue weighted by Crippen LogP contribution is -2.04. The van der Waals surface area contributed by atoms with Gasteiger partial charge in [-0.25, -0.2) is 9.97 Å². The average molecular weight is 227 g/mol. The summed E-state index contributed by atoms with van der Waals surface area (Å²) < 4.78 is 0. The van der Waals surface area contributed by atoms with Crippen LogP contribution in [0, 0.1) is 6.92 Å². The van der Waals surface area contributed by atoms with Crippen LogP contribution in [0.5, 0.6) is 0 Å². The number of hydrogen-bond acceptors (Lipinski definition) is 3. The highest BCUT2D eigenvalue weighted by molar-refractivity contribution is 5.68. The number of aryl methyl sites for hydroxylation is 1. The van der Waals surface area contributed by atoms with E-state index in [0.717, 1.165) is 16.8 Å². The van der Waals surface area contributed by atoms with E-state index in [9.17, 15) is 0 Å². The van der Waals surface area contributed by atoms with Crippen LogP contribution in [-0.2, 0) is 0 Å². The van der Waals surface area contributed by atoms with Crippen molar-refractivity contribution in [3.8, 4) is 11.3 Å². The first-order chi connectivity index (χ1) is 8.09. The monoisotopic (exact) mass is 227 g/mol. The molecule has 0 radical (unpaired) electrons. The van der Waals surface area contributed by atoms with Crippen molar-refractivity contribution in [1.82, 2.24) is 9.97 Å². The van der Waals surface area contributed by atoms with Gasteiger partial charge in [0.2, 0.25) is 0 Å². The molecule has 0 aliphatic heterocycles. The lowest BCUT2D eigenvalue weighted by atomic mass is 9.97. The third-order valence-corrected chi connectivity index (χ3v) is 2.78. The van der Waals surface area contributed by atoms with E-state index in [1.165, 1.54) is 11.9 Å². The summed E-state index contributed by atoms with van der Waals surface area (Å²) in [5.41, 5.74) is 10.2. The molecule has 88 valence electrons. The Morgan fingerprint density at radius 3 is 2.59 bits per heavy atom. The smallest absolute Gasteiger partial charge is 0.130 e. The van der Waals surface area contributed by atoms with Crippen LogP contribution in [0.3, 0.4) is 0 Å². The van der Waals surface area contributed by atoms with E-state index in [0.29, 0.717) is 11.7 Å². The maximum atomic E-state index is 5.95. The molecule has 0 unspecified atom stereocenters. The topological polar surface area (TPSA) is 51.8 Å². The van der Waals surface area contributed by atoms with Crippen molar-refractivity contribution in [2.24, 2.45) is 0 Å². The van der Waals surface area contributed by atoms with Crippen molar-refractivity contribution in [2.75, 3.05) is 5.73 Å². The van der Waals surface area contributed by atoms with Crippen LogP contribution in [0.1, 0.15) is 30.9 Å². The van der Waals surface area contributed by atoms with E-state index in [-0.39, 0.29) is 0 Å². The van der Waals surface area contributed by atoms with Gasteiger partial charge in [-0.2, -0.15) is 0 Å². The second-order valence-electron chi connectivity index (χ2n) is 4.55. The number of nitrogens with two attached hydrogens (primary N) is 1. The lowest BCUT2D eigenvalue weighted by molar-refractivity contribution is 0.854. The summed E-state index contributed by atoms with van der Waals surface area (Å²) in [6.45, 7) is 6.28. The molecule has 1 aromatic carbocycles. The van der Waals surface area contributed by atoms with Gasteiger partial charge in [0.25, 0.3) is 0 Å². The molecule has 3 heteroatoms. The molecule has 17 heavy (non-hydrogen) atoms. The van der Waals surface area contributed by atoms with E-state index in [2.05, 4.69) is 48.9 Å². The van der Waals surface area contributed by atoms with Gasteiger partial charge in [-0.3, -0.25) is 0 Å². The molecule has 1 aromatic heterocycles. The van der Waals surface area contributed by atoms with Gasteiger partial charge in [0, 0.05) is 11.1 Å². The number of nitrogens with zero attached hydrogens (tertiary/aromatic N) is 2. The molecular weight excluding hydrogens is 210 g/mol. The van der Waals surface area contributed by atoms with E-state index < -0.39 is 0 Å². The minimum atomic E-state index is 0.312. The molecule has 0 atom stereocenters. The number of aromatic nitrogens is 2. The number of rotatable bonds is 2. The molecule has 2 aromatic rings. The van der Waals surface area contributed by atoms with Gasteiger partial charge in [0.15, 0.2) is 0 Å². The van der Waals surface area contributed by atoms with Crippen molar-refractivity contribution < 1.29 is 0 Å². The first-order valence-corrected chi connectivity index (χ1v) is 5.77. The first kappa shape index (κ1) is 11.6. The van der Waals surface area contributed by atoms with Gasteiger partial charge in [0.1, 0.15) is 12.1 Å².